The Kier molecular flexibility index (Phi) is 7.40. The van der Waals surface area contributed by atoms with Crippen LogP contribution in [0.15, 0.2) is 72.8 Å². The molecular weight excluding hydrogens is 426 g/mol. The number of nitrogens with zero attached hydrogens (tertiary/aromatic N) is 1. The van der Waals surface area contributed by atoms with Crippen molar-refractivity contribution in [1.29, 1.82) is 0 Å². The van der Waals surface area contributed by atoms with Crippen LogP contribution in [0.1, 0.15) is 57.9 Å². The number of hydrogen-bond acceptors (Lipinski definition) is 2. The Labute approximate surface area is 202 Å². The van der Waals surface area contributed by atoms with Gasteiger partial charge in [-0.05, 0) is 86.3 Å². The molecule has 4 nitrogen and oxygen atoms in total. The molecular formula is C28H31N3OS. The van der Waals surface area contributed by atoms with Crippen LogP contribution in [0.5, 0.6) is 0 Å². The molecule has 3 aromatic carbocycles. The van der Waals surface area contributed by atoms with E-state index in [0.717, 1.165) is 42.7 Å². The summed E-state index contributed by atoms with van der Waals surface area (Å²) < 4.78 is 0. The van der Waals surface area contributed by atoms with Crippen LogP contribution in [0.4, 0.5) is 5.69 Å². The Hall–Kier alpha value is -3.18. The van der Waals surface area contributed by atoms with Gasteiger partial charge in [-0.15, -0.1) is 0 Å². The summed E-state index contributed by atoms with van der Waals surface area (Å²) in [5.41, 5.74) is 6.38. The van der Waals surface area contributed by atoms with Crippen LogP contribution in [0.25, 0.3) is 0 Å². The van der Waals surface area contributed by atoms with Gasteiger partial charge in [0.25, 0.3) is 5.91 Å². The van der Waals surface area contributed by atoms with E-state index < -0.39 is 0 Å². The van der Waals surface area contributed by atoms with Crippen LogP contribution in [0.2, 0.25) is 0 Å². The first-order valence-electron chi connectivity index (χ1n) is 11.6. The molecule has 1 fully saturated rings. The number of anilines is 1. The van der Waals surface area contributed by atoms with Crippen LogP contribution in [0, 0.1) is 13.8 Å². The molecule has 2 N–H and O–H groups in total. The number of aryl methyl sites for hydroxylation is 2. The summed E-state index contributed by atoms with van der Waals surface area (Å²) in [6, 6.07) is 24.3. The molecule has 5 heteroatoms. The lowest BCUT2D eigenvalue weighted by Crippen LogP contribution is -2.35. The van der Waals surface area contributed by atoms with Crippen molar-refractivity contribution in [2.45, 2.75) is 39.2 Å². The van der Waals surface area contributed by atoms with E-state index in [1.807, 2.05) is 47.4 Å². The maximum Gasteiger partial charge on any atom is 0.253 e. The first-order valence-corrected chi connectivity index (χ1v) is 12.0. The van der Waals surface area contributed by atoms with Crippen LogP contribution in [-0.2, 0) is 0 Å². The number of carbonyl (C=O) groups excluding carboxylic acids is 1. The van der Waals surface area contributed by atoms with E-state index in [0.29, 0.717) is 5.11 Å². The highest BCUT2D eigenvalue weighted by molar-refractivity contribution is 7.80. The molecule has 1 atom stereocenters. The van der Waals surface area contributed by atoms with E-state index >= 15 is 0 Å². The summed E-state index contributed by atoms with van der Waals surface area (Å²) in [6.07, 6.45) is 3.39. The number of rotatable bonds is 5. The van der Waals surface area contributed by atoms with Crippen molar-refractivity contribution >= 4 is 28.9 Å². The van der Waals surface area contributed by atoms with Gasteiger partial charge in [0, 0.05) is 24.3 Å². The molecule has 1 saturated heterocycles. The molecule has 0 unspecified atom stereocenters. The second kappa shape index (κ2) is 10.6. The van der Waals surface area contributed by atoms with Gasteiger partial charge in [0.2, 0.25) is 0 Å². The van der Waals surface area contributed by atoms with Gasteiger partial charge < -0.3 is 15.5 Å². The number of benzene rings is 3. The average molecular weight is 458 g/mol. The normalized spacial score (nSPS) is 14.4. The summed E-state index contributed by atoms with van der Waals surface area (Å²) in [4.78, 5) is 14.7. The first kappa shape index (κ1) is 23.0. The molecule has 3 aromatic rings. The average Bonchev–Trinajstić information content (AvgIpc) is 2.84. The standard InChI is InChI=1S/C28H31N3OS/c1-20-11-16-25(21(2)19-20)26(22-9-5-3-6-10-22)30-28(33)29-24-14-12-23(13-15-24)27(32)31-17-7-4-8-18-31/h3,5-6,9-16,19,26H,4,7-8,17-18H2,1-2H3,(H2,29,30,33)/t26-/m1/s1. The molecule has 0 aliphatic carbocycles. The number of nitrogens with one attached hydrogen (secondary N) is 2. The van der Waals surface area contributed by atoms with Crippen LogP contribution >= 0.6 is 12.2 Å². The van der Waals surface area contributed by atoms with Gasteiger partial charge in [-0.3, -0.25) is 4.79 Å². The topological polar surface area (TPSA) is 44.4 Å². The summed E-state index contributed by atoms with van der Waals surface area (Å²) in [5.74, 6) is 0.112. The number of thiocarbonyl (C=S) groups is 1. The molecule has 0 radical (unpaired) electrons. The van der Waals surface area contributed by atoms with Crippen molar-refractivity contribution in [3.05, 3.63) is 101 Å². The largest absolute Gasteiger partial charge is 0.352 e. The Morgan fingerprint density at radius 3 is 2.27 bits per heavy atom. The predicted molar refractivity (Wildman–Crippen MR) is 140 cm³/mol. The molecule has 1 heterocycles. The molecule has 170 valence electrons. The van der Waals surface area contributed by atoms with Crippen molar-refractivity contribution in [1.82, 2.24) is 10.2 Å². The molecule has 4 rings (SSSR count). The molecule has 0 bridgehead atoms. The molecule has 1 aliphatic rings. The Bertz CT molecular complexity index is 1110. The van der Waals surface area contributed by atoms with E-state index in [1.54, 1.807) is 0 Å². The van der Waals surface area contributed by atoms with Gasteiger partial charge in [-0.2, -0.15) is 0 Å². The highest BCUT2D eigenvalue weighted by atomic mass is 32.1. The number of likely N-dealkylation sites (tertiary alicyclic amines) is 1. The zero-order chi connectivity index (χ0) is 23.2. The maximum atomic E-state index is 12.7. The van der Waals surface area contributed by atoms with Gasteiger partial charge >= 0.3 is 0 Å². The third-order valence-electron chi connectivity index (χ3n) is 6.18. The molecule has 0 aromatic heterocycles. The SMILES string of the molecule is Cc1ccc([C@H](NC(=S)Nc2ccc(C(=O)N3CCCCC3)cc2)c2ccccc2)c(C)c1. The lowest BCUT2D eigenvalue weighted by molar-refractivity contribution is 0.0724. The molecule has 1 aliphatic heterocycles. The summed E-state index contributed by atoms with van der Waals surface area (Å²) in [5, 5.41) is 7.32. The predicted octanol–water partition coefficient (Wildman–Crippen LogP) is 6.01. The Balaban J connectivity index is 1.47. The highest BCUT2D eigenvalue weighted by Gasteiger charge is 2.19. The van der Waals surface area contributed by atoms with E-state index in [-0.39, 0.29) is 11.9 Å². The van der Waals surface area contributed by atoms with Gasteiger partial charge in [-0.1, -0.05) is 54.1 Å². The van der Waals surface area contributed by atoms with Crippen molar-refractivity contribution in [2.75, 3.05) is 18.4 Å². The third-order valence-corrected chi connectivity index (χ3v) is 6.40. The van der Waals surface area contributed by atoms with Crippen molar-refractivity contribution in [3.8, 4) is 0 Å². The number of amides is 1. The van der Waals surface area contributed by atoms with Gasteiger partial charge in [0.1, 0.15) is 0 Å². The molecule has 1 amide bonds. The fourth-order valence-corrected chi connectivity index (χ4v) is 4.65. The molecule has 33 heavy (non-hydrogen) atoms. The van der Waals surface area contributed by atoms with E-state index in [1.165, 1.54) is 23.1 Å². The van der Waals surface area contributed by atoms with Gasteiger partial charge in [-0.25, -0.2) is 0 Å². The van der Waals surface area contributed by atoms with Crippen molar-refractivity contribution in [2.24, 2.45) is 0 Å². The minimum Gasteiger partial charge on any atom is -0.352 e. The van der Waals surface area contributed by atoms with Crippen LogP contribution < -0.4 is 10.6 Å². The van der Waals surface area contributed by atoms with Crippen molar-refractivity contribution < 1.29 is 4.79 Å². The Morgan fingerprint density at radius 2 is 1.61 bits per heavy atom. The van der Waals surface area contributed by atoms with Gasteiger partial charge in [0.15, 0.2) is 5.11 Å². The minimum atomic E-state index is -0.0632. The maximum absolute atomic E-state index is 12.7. The van der Waals surface area contributed by atoms with Crippen LogP contribution in [0.3, 0.4) is 0 Å². The lowest BCUT2D eigenvalue weighted by Gasteiger charge is -2.26. The van der Waals surface area contributed by atoms with Crippen LogP contribution in [-0.4, -0.2) is 29.0 Å². The van der Waals surface area contributed by atoms with E-state index in [2.05, 4.69) is 54.8 Å². The van der Waals surface area contributed by atoms with Crippen molar-refractivity contribution in [3.63, 3.8) is 0 Å². The lowest BCUT2D eigenvalue weighted by atomic mass is 9.94. The summed E-state index contributed by atoms with van der Waals surface area (Å²) >= 11 is 5.67. The number of piperidine rings is 1. The highest BCUT2D eigenvalue weighted by Crippen LogP contribution is 2.26. The van der Waals surface area contributed by atoms with Gasteiger partial charge in [0.05, 0.1) is 6.04 Å². The zero-order valence-corrected chi connectivity index (χ0v) is 20.1. The first-order chi connectivity index (χ1) is 16.0. The third kappa shape index (κ3) is 5.79. The molecule has 0 spiro atoms. The summed E-state index contributed by atoms with van der Waals surface area (Å²) in [7, 11) is 0. The minimum absolute atomic E-state index is 0.0632. The smallest absolute Gasteiger partial charge is 0.253 e. The second-order valence-corrected chi connectivity index (χ2v) is 9.14. The monoisotopic (exact) mass is 457 g/mol. The fourth-order valence-electron chi connectivity index (χ4n) is 4.41. The Morgan fingerprint density at radius 1 is 0.909 bits per heavy atom. The number of hydrogen-bond donors (Lipinski definition) is 2. The summed E-state index contributed by atoms with van der Waals surface area (Å²) in [6.45, 7) is 5.94. The number of carbonyl (C=O) groups is 1. The quantitative estimate of drug-likeness (QED) is 0.461. The second-order valence-electron chi connectivity index (χ2n) is 8.73. The molecule has 0 saturated carbocycles. The van der Waals surface area contributed by atoms with E-state index in [9.17, 15) is 4.79 Å². The van der Waals surface area contributed by atoms with E-state index in [4.69, 9.17) is 12.2 Å². The fraction of sp³-hybridized carbons (Fsp3) is 0.286. The zero-order valence-electron chi connectivity index (χ0n) is 19.3.